The molecule has 0 spiro atoms. The molecule has 3 aromatic heterocycles. The number of amides is 1. The van der Waals surface area contributed by atoms with E-state index in [-0.39, 0.29) is 47.0 Å². The van der Waals surface area contributed by atoms with Crippen molar-refractivity contribution in [1.82, 2.24) is 25.3 Å². The molecular weight excluding hydrogens is 403 g/mol. The average Bonchev–Trinajstić information content (AvgIpc) is 3.14. The summed E-state index contributed by atoms with van der Waals surface area (Å²) < 4.78 is 39.2. The maximum absolute atomic E-state index is 13.1. The Labute approximate surface area is 168 Å². The topological polar surface area (TPSA) is 140 Å². The number of alkyl halides is 3. The number of fused-ring (bicyclic) bond motifs is 1. The number of nitrogens with zero attached hydrogens (tertiary/aromatic N) is 4. The van der Waals surface area contributed by atoms with Crippen LogP contribution < -0.4 is 10.6 Å². The standard InChI is InChI=1S/C18H16F3N7O2/c1-9(16(30)23-2-3-29)27-17-26-6-10(5-22)14(28-17)13-8-25-15-12(13)4-11(7-24-15)18(19,20)21/h4,6-9,29H,2-3H2,1H3,(H,23,30)(H,24,25)(H,26,27,28)/t9-/m1/s1. The Morgan fingerprint density at radius 2 is 2.13 bits per heavy atom. The van der Waals surface area contributed by atoms with Gasteiger partial charge in [-0.25, -0.2) is 15.0 Å². The van der Waals surface area contributed by atoms with Crippen LogP contribution in [0.1, 0.15) is 18.1 Å². The van der Waals surface area contributed by atoms with Crippen LogP contribution in [0.3, 0.4) is 0 Å². The maximum Gasteiger partial charge on any atom is 0.417 e. The molecule has 3 rings (SSSR count). The van der Waals surface area contributed by atoms with Crippen molar-refractivity contribution in [3.63, 3.8) is 0 Å². The number of aliphatic hydroxyl groups excluding tert-OH is 1. The zero-order chi connectivity index (χ0) is 21.9. The first-order valence-corrected chi connectivity index (χ1v) is 8.71. The predicted molar refractivity (Wildman–Crippen MR) is 100 cm³/mol. The number of nitrogens with one attached hydrogen (secondary N) is 3. The van der Waals surface area contributed by atoms with Crippen molar-refractivity contribution in [2.45, 2.75) is 19.1 Å². The zero-order valence-corrected chi connectivity index (χ0v) is 15.6. The molecule has 1 atom stereocenters. The van der Waals surface area contributed by atoms with Crippen LogP contribution in [-0.4, -0.2) is 50.1 Å². The van der Waals surface area contributed by atoms with E-state index in [9.17, 15) is 23.2 Å². The fraction of sp³-hybridized carbons (Fsp3) is 0.278. The third kappa shape index (κ3) is 4.31. The largest absolute Gasteiger partial charge is 0.417 e. The van der Waals surface area contributed by atoms with Gasteiger partial charge in [0.1, 0.15) is 17.8 Å². The molecule has 1 amide bonds. The summed E-state index contributed by atoms with van der Waals surface area (Å²) in [5, 5.41) is 23.5. The molecule has 0 radical (unpaired) electrons. The van der Waals surface area contributed by atoms with Gasteiger partial charge in [0, 0.05) is 29.9 Å². The van der Waals surface area contributed by atoms with Crippen LogP contribution in [0.2, 0.25) is 0 Å². The number of aliphatic hydroxyl groups is 1. The molecule has 0 saturated carbocycles. The van der Waals surface area contributed by atoms with E-state index in [1.54, 1.807) is 6.92 Å². The maximum atomic E-state index is 13.1. The Morgan fingerprint density at radius 1 is 1.37 bits per heavy atom. The molecule has 3 aromatic rings. The molecule has 0 saturated heterocycles. The van der Waals surface area contributed by atoms with Crippen LogP contribution in [0.4, 0.5) is 19.1 Å². The Morgan fingerprint density at radius 3 is 2.80 bits per heavy atom. The fourth-order valence-electron chi connectivity index (χ4n) is 2.68. The monoisotopic (exact) mass is 419 g/mol. The average molecular weight is 419 g/mol. The summed E-state index contributed by atoms with van der Waals surface area (Å²) in [6.45, 7) is 1.40. The van der Waals surface area contributed by atoms with Gasteiger partial charge in [-0.3, -0.25) is 4.79 Å². The Bertz CT molecular complexity index is 1120. The summed E-state index contributed by atoms with van der Waals surface area (Å²) in [6.07, 6.45) is -1.25. The van der Waals surface area contributed by atoms with Gasteiger partial charge in [0.15, 0.2) is 0 Å². The van der Waals surface area contributed by atoms with Crippen LogP contribution in [0, 0.1) is 11.3 Å². The van der Waals surface area contributed by atoms with E-state index in [2.05, 4.69) is 30.6 Å². The van der Waals surface area contributed by atoms with Crippen LogP contribution >= 0.6 is 0 Å². The number of rotatable bonds is 6. The van der Waals surface area contributed by atoms with E-state index in [1.165, 1.54) is 12.4 Å². The number of hydrogen-bond acceptors (Lipinski definition) is 7. The van der Waals surface area contributed by atoms with Gasteiger partial charge < -0.3 is 20.7 Å². The number of aromatic amines is 1. The molecule has 3 heterocycles. The minimum absolute atomic E-state index is 0.00457. The minimum Gasteiger partial charge on any atom is -0.395 e. The second-order valence-corrected chi connectivity index (χ2v) is 6.27. The van der Waals surface area contributed by atoms with Crippen molar-refractivity contribution in [2.24, 2.45) is 0 Å². The van der Waals surface area contributed by atoms with Crippen molar-refractivity contribution in [1.29, 1.82) is 5.26 Å². The van der Waals surface area contributed by atoms with Gasteiger partial charge in [-0.15, -0.1) is 0 Å². The van der Waals surface area contributed by atoms with Crippen molar-refractivity contribution in [2.75, 3.05) is 18.5 Å². The summed E-state index contributed by atoms with van der Waals surface area (Å²) in [5.41, 5.74) is -0.368. The lowest BCUT2D eigenvalue weighted by atomic mass is 10.1. The molecule has 0 aliphatic heterocycles. The number of aromatic nitrogens is 4. The summed E-state index contributed by atoms with van der Waals surface area (Å²) in [5.74, 6) is -0.408. The van der Waals surface area contributed by atoms with Crippen LogP contribution in [0.25, 0.3) is 22.3 Å². The van der Waals surface area contributed by atoms with Crippen molar-refractivity contribution >= 4 is 22.9 Å². The lowest BCUT2D eigenvalue weighted by Gasteiger charge is -2.14. The highest BCUT2D eigenvalue weighted by Gasteiger charge is 2.31. The van der Waals surface area contributed by atoms with Crippen LogP contribution in [-0.2, 0) is 11.0 Å². The first-order chi connectivity index (χ1) is 14.2. The van der Waals surface area contributed by atoms with Crippen molar-refractivity contribution in [3.8, 4) is 17.3 Å². The summed E-state index contributed by atoms with van der Waals surface area (Å²) >= 11 is 0. The molecular formula is C18H16F3N7O2. The number of nitriles is 1. The number of pyridine rings is 1. The summed E-state index contributed by atoms with van der Waals surface area (Å²) in [6, 6.07) is 2.07. The first kappa shape index (κ1) is 21.0. The van der Waals surface area contributed by atoms with Gasteiger partial charge in [0.25, 0.3) is 0 Å². The Hall–Kier alpha value is -3.72. The fourth-order valence-corrected chi connectivity index (χ4v) is 2.68. The van der Waals surface area contributed by atoms with Gasteiger partial charge >= 0.3 is 6.18 Å². The predicted octanol–water partition coefficient (Wildman–Crippen LogP) is 1.82. The highest BCUT2D eigenvalue weighted by molar-refractivity contribution is 5.94. The lowest BCUT2D eigenvalue weighted by Crippen LogP contribution is -2.39. The molecule has 0 aromatic carbocycles. The quantitative estimate of drug-likeness (QED) is 0.478. The molecule has 0 fully saturated rings. The normalized spacial score (nSPS) is 12.4. The van der Waals surface area contributed by atoms with Crippen molar-refractivity contribution < 1.29 is 23.1 Å². The zero-order valence-electron chi connectivity index (χ0n) is 15.6. The molecule has 12 heteroatoms. The number of halogens is 3. The van der Waals surface area contributed by atoms with E-state index in [0.29, 0.717) is 6.20 Å². The first-order valence-electron chi connectivity index (χ1n) is 8.71. The van der Waals surface area contributed by atoms with E-state index in [4.69, 9.17) is 5.11 Å². The molecule has 0 bridgehead atoms. The van der Waals surface area contributed by atoms with Crippen LogP contribution in [0.5, 0.6) is 0 Å². The Balaban J connectivity index is 2.00. The highest BCUT2D eigenvalue weighted by atomic mass is 19.4. The summed E-state index contributed by atoms with van der Waals surface area (Å²) in [7, 11) is 0. The molecule has 156 valence electrons. The van der Waals surface area contributed by atoms with E-state index in [1.807, 2.05) is 6.07 Å². The third-order valence-electron chi connectivity index (χ3n) is 4.17. The third-order valence-corrected chi connectivity index (χ3v) is 4.17. The lowest BCUT2D eigenvalue weighted by molar-refractivity contribution is -0.137. The van der Waals surface area contributed by atoms with Gasteiger partial charge in [-0.1, -0.05) is 0 Å². The molecule has 0 aliphatic carbocycles. The van der Waals surface area contributed by atoms with E-state index in [0.717, 1.165) is 6.07 Å². The smallest absolute Gasteiger partial charge is 0.395 e. The SMILES string of the molecule is C[C@@H](Nc1ncc(C#N)c(-c2c[nH]c3ncc(C(F)(F)F)cc23)n1)C(=O)NCCO. The molecule has 0 unspecified atom stereocenters. The van der Waals surface area contributed by atoms with E-state index >= 15 is 0 Å². The minimum atomic E-state index is -4.58. The highest BCUT2D eigenvalue weighted by Crippen LogP contribution is 2.34. The van der Waals surface area contributed by atoms with Gasteiger partial charge in [-0.2, -0.15) is 18.4 Å². The van der Waals surface area contributed by atoms with Gasteiger partial charge in [-0.05, 0) is 13.0 Å². The summed E-state index contributed by atoms with van der Waals surface area (Å²) in [4.78, 5) is 26.7. The molecule has 0 aliphatic rings. The van der Waals surface area contributed by atoms with Gasteiger partial charge in [0.2, 0.25) is 11.9 Å². The second kappa shape index (κ2) is 8.34. The second-order valence-electron chi connectivity index (χ2n) is 6.27. The number of carbonyl (C=O) groups is 1. The molecule has 9 nitrogen and oxygen atoms in total. The van der Waals surface area contributed by atoms with Gasteiger partial charge in [0.05, 0.1) is 29.6 Å². The van der Waals surface area contributed by atoms with Crippen molar-refractivity contribution in [3.05, 3.63) is 35.8 Å². The number of hydrogen-bond donors (Lipinski definition) is 4. The molecule has 4 N–H and O–H groups in total. The Kier molecular flexibility index (Phi) is 5.84. The van der Waals surface area contributed by atoms with E-state index < -0.39 is 23.7 Å². The number of anilines is 1. The number of H-pyrrole nitrogens is 1. The van der Waals surface area contributed by atoms with Crippen LogP contribution in [0.15, 0.2) is 24.7 Å². The number of carbonyl (C=O) groups excluding carboxylic acids is 1. The molecule has 30 heavy (non-hydrogen) atoms.